The Kier molecular flexibility index (Phi) is 6.13. The van der Waals surface area contributed by atoms with E-state index in [-0.39, 0.29) is 11.9 Å². The van der Waals surface area contributed by atoms with E-state index in [9.17, 15) is 4.79 Å². The quantitative estimate of drug-likeness (QED) is 0.442. The fourth-order valence-corrected chi connectivity index (χ4v) is 8.04. The molecular weight excluding hydrogens is 454 g/mol. The molecule has 0 saturated heterocycles. The summed E-state index contributed by atoms with van der Waals surface area (Å²) in [6.45, 7) is 2.89. The Balaban J connectivity index is 1.15. The largest absolute Gasteiger partial charge is 0.352 e. The van der Waals surface area contributed by atoms with Gasteiger partial charge in [0.25, 0.3) is 0 Å². The molecule has 0 aliphatic heterocycles. The average molecular weight is 488 g/mol. The zero-order valence-electron chi connectivity index (χ0n) is 20.3. The zero-order chi connectivity index (χ0) is 23.8. The number of amides is 1. The van der Waals surface area contributed by atoms with Crippen LogP contribution in [0.15, 0.2) is 60.0 Å². The molecule has 4 bridgehead atoms. The van der Waals surface area contributed by atoms with Crippen LogP contribution in [0.4, 0.5) is 0 Å². The normalized spacial score (nSPS) is 27.6. The number of hydrogen-bond acceptors (Lipinski definition) is 5. The Hall–Kier alpha value is -2.67. The molecule has 182 valence electrons. The molecule has 4 saturated carbocycles. The minimum atomic E-state index is 0.0930. The van der Waals surface area contributed by atoms with Crippen LogP contribution in [-0.4, -0.2) is 37.5 Å². The molecular formula is C28H33N5OS. The van der Waals surface area contributed by atoms with Crippen molar-refractivity contribution in [2.24, 2.45) is 23.2 Å². The Morgan fingerprint density at radius 1 is 1.06 bits per heavy atom. The van der Waals surface area contributed by atoms with E-state index in [0.29, 0.717) is 17.7 Å². The molecule has 2 aromatic heterocycles. The van der Waals surface area contributed by atoms with E-state index in [2.05, 4.69) is 44.1 Å². The van der Waals surface area contributed by atoms with Crippen LogP contribution in [0.5, 0.6) is 0 Å². The van der Waals surface area contributed by atoms with Crippen molar-refractivity contribution in [3.05, 3.63) is 60.4 Å². The van der Waals surface area contributed by atoms with Gasteiger partial charge in [0.05, 0.1) is 12.3 Å². The second kappa shape index (κ2) is 9.41. The van der Waals surface area contributed by atoms with Gasteiger partial charge in [-0.1, -0.05) is 42.1 Å². The number of aromatic nitrogens is 4. The lowest BCUT2D eigenvalue weighted by Gasteiger charge is -2.59. The number of nitrogens with zero attached hydrogens (tertiary/aromatic N) is 4. The van der Waals surface area contributed by atoms with E-state index in [1.165, 1.54) is 55.9 Å². The van der Waals surface area contributed by atoms with Gasteiger partial charge in [0.15, 0.2) is 11.0 Å². The number of rotatable bonds is 8. The summed E-state index contributed by atoms with van der Waals surface area (Å²) in [5.41, 5.74) is 2.40. The number of pyridine rings is 1. The molecule has 2 heterocycles. The molecule has 1 atom stereocenters. The highest BCUT2D eigenvalue weighted by Gasteiger charge is 2.53. The van der Waals surface area contributed by atoms with Gasteiger partial charge in [-0.3, -0.25) is 14.3 Å². The lowest BCUT2D eigenvalue weighted by molar-refractivity contribution is -0.123. The molecule has 3 aromatic rings. The fourth-order valence-electron chi connectivity index (χ4n) is 7.29. The maximum Gasteiger partial charge on any atom is 0.230 e. The van der Waals surface area contributed by atoms with Crippen LogP contribution >= 0.6 is 11.8 Å². The Morgan fingerprint density at radius 2 is 1.77 bits per heavy atom. The molecule has 4 aliphatic carbocycles. The monoisotopic (exact) mass is 487 g/mol. The van der Waals surface area contributed by atoms with Crippen molar-refractivity contribution in [1.82, 2.24) is 25.1 Å². The molecule has 1 amide bonds. The van der Waals surface area contributed by atoms with E-state index in [4.69, 9.17) is 0 Å². The summed E-state index contributed by atoms with van der Waals surface area (Å²) in [5.74, 6) is 3.87. The molecule has 7 heteroatoms. The lowest BCUT2D eigenvalue weighted by atomic mass is 9.48. The predicted molar refractivity (Wildman–Crippen MR) is 138 cm³/mol. The van der Waals surface area contributed by atoms with Crippen LogP contribution in [0.2, 0.25) is 0 Å². The number of carbonyl (C=O) groups is 1. The predicted octanol–water partition coefficient (Wildman–Crippen LogP) is 5.20. The standard InChI is InChI=1S/C28H33N5OS/c1-19(28-13-21-10-22(14-28)12-23(11-21)15-28)30-25(34)18-35-27-32-31-26(24-8-5-9-29-16-24)33(27)17-20-6-3-2-4-7-20/h2-9,16,19,21-23H,10-15,17-18H2,1H3,(H,30,34). The van der Waals surface area contributed by atoms with Crippen LogP contribution in [0.25, 0.3) is 11.4 Å². The first-order valence-electron chi connectivity index (χ1n) is 12.9. The van der Waals surface area contributed by atoms with E-state index in [1.807, 2.05) is 30.3 Å². The topological polar surface area (TPSA) is 72.7 Å². The van der Waals surface area contributed by atoms with Crippen molar-refractivity contribution >= 4 is 17.7 Å². The van der Waals surface area contributed by atoms with Gasteiger partial charge in [0, 0.05) is 24.0 Å². The van der Waals surface area contributed by atoms with Crippen LogP contribution in [0.1, 0.15) is 51.0 Å². The maximum absolute atomic E-state index is 13.1. The van der Waals surface area contributed by atoms with Gasteiger partial charge in [-0.25, -0.2) is 0 Å². The summed E-state index contributed by atoms with van der Waals surface area (Å²) < 4.78 is 2.09. The van der Waals surface area contributed by atoms with Gasteiger partial charge >= 0.3 is 0 Å². The Labute approximate surface area is 211 Å². The second-order valence-corrected chi connectivity index (χ2v) is 11.9. The lowest BCUT2D eigenvalue weighted by Crippen LogP contribution is -2.56. The van der Waals surface area contributed by atoms with E-state index >= 15 is 0 Å². The van der Waals surface area contributed by atoms with Crippen LogP contribution in [0, 0.1) is 23.2 Å². The molecule has 1 aromatic carbocycles. The Morgan fingerprint density at radius 3 is 2.43 bits per heavy atom. The third-order valence-corrected chi connectivity index (χ3v) is 9.50. The van der Waals surface area contributed by atoms with Crippen molar-refractivity contribution in [2.75, 3.05) is 5.75 Å². The molecule has 7 rings (SSSR count). The molecule has 0 spiro atoms. The molecule has 35 heavy (non-hydrogen) atoms. The number of hydrogen-bond donors (Lipinski definition) is 1. The highest BCUT2D eigenvalue weighted by molar-refractivity contribution is 7.99. The smallest absolute Gasteiger partial charge is 0.230 e. The van der Waals surface area contributed by atoms with Crippen LogP contribution < -0.4 is 5.32 Å². The van der Waals surface area contributed by atoms with Crippen molar-refractivity contribution in [2.45, 2.75) is 63.2 Å². The third kappa shape index (κ3) is 4.63. The minimum absolute atomic E-state index is 0.0930. The first-order valence-corrected chi connectivity index (χ1v) is 13.9. The van der Waals surface area contributed by atoms with Gasteiger partial charge in [-0.2, -0.15) is 0 Å². The first kappa shape index (κ1) is 22.8. The molecule has 0 radical (unpaired) electrons. The highest BCUT2D eigenvalue weighted by Crippen LogP contribution is 2.61. The highest BCUT2D eigenvalue weighted by atomic mass is 32.2. The minimum Gasteiger partial charge on any atom is -0.352 e. The van der Waals surface area contributed by atoms with Crippen molar-refractivity contribution in [1.29, 1.82) is 0 Å². The van der Waals surface area contributed by atoms with Gasteiger partial charge in [-0.05, 0) is 86.3 Å². The maximum atomic E-state index is 13.1. The second-order valence-electron chi connectivity index (χ2n) is 11.0. The first-order chi connectivity index (χ1) is 17.1. The van der Waals surface area contributed by atoms with Crippen molar-refractivity contribution in [3.8, 4) is 11.4 Å². The van der Waals surface area contributed by atoms with E-state index < -0.39 is 0 Å². The SMILES string of the molecule is CC(NC(=O)CSc1nnc(-c2cccnc2)n1Cc1ccccc1)C12CC3CC(CC(C3)C1)C2. The number of nitrogens with one attached hydrogen (secondary N) is 1. The van der Waals surface area contributed by atoms with Gasteiger partial charge in [0.1, 0.15) is 0 Å². The summed E-state index contributed by atoms with van der Waals surface area (Å²) in [4.78, 5) is 17.3. The Bertz CT molecular complexity index is 1140. The number of thioether (sulfide) groups is 1. The van der Waals surface area contributed by atoms with E-state index in [0.717, 1.165) is 34.3 Å². The summed E-state index contributed by atoms with van der Waals surface area (Å²) >= 11 is 1.47. The van der Waals surface area contributed by atoms with Gasteiger partial charge < -0.3 is 5.32 Å². The van der Waals surface area contributed by atoms with Gasteiger partial charge in [-0.15, -0.1) is 10.2 Å². The van der Waals surface area contributed by atoms with Crippen LogP contribution in [0.3, 0.4) is 0 Å². The summed E-state index contributed by atoms with van der Waals surface area (Å²) in [6, 6.07) is 14.4. The molecule has 4 aliphatic rings. The zero-order valence-corrected chi connectivity index (χ0v) is 21.1. The van der Waals surface area contributed by atoms with Gasteiger partial charge in [0.2, 0.25) is 5.91 Å². The summed E-state index contributed by atoms with van der Waals surface area (Å²) in [5, 5.41) is 13.1. The van der Waals surface area contributed by atoms with Crippen molar-refractivity contribution in [3.63, 3.8) is 0 Å². The summed E-state index contributed by atoms with van der Waals surface area (Å²) in [6.07, 6.45) is 11.7. The summed E-state index contributed by atoms with van der Waals surface area (Å²) in [7, 11) is 0. The third-order valence-electron chi connectivity index (χ3n) is 8.53. The van der Waals surface area contributed by atoms with Crippen LogP contribution in [-0.2, 0) is 11.3 Å². The molecule has 4 fully saturated rings. The average Bonchev–Trinajstić information content (AvgIpc) is 3.25. The number of carbonyl (C=O) groups excluding carboxylic acids is 1. The molecule has 1 unspecified atom stereocenters. The van der Waals surface area contributed by atoms with Crippen molar-refractivity contribution < 1.29 is 4.79 Å². The fraction of sp³-hybridized carbons (Fsp3) is 0.500. The number of benzene rings is 1. The molecule has 1 N–H and O–H groups in total. The van der Waals surface area contributed by atoms with E-state index in [1.54, 1.807) is 12.4 Å². The molecule has 6 nitrogen and oxygen atoms in total.